The maximum atomic E-state index is 16.8. The highest BCUT2D eigenvalue weighted by atomic mass is 35.5. The normalized spacial score (nSPS) is 27.7. The molecule has 49 heteroatoms. The number of carboxylic acid groups (broad SMARTS) is 1. The predicted molar refractivity (Wildman–Crippen MR) is 490 cm³/mol. The average Bonchev–Trinajstić information content (AvgIpc) is 0.750. The highest BCUT2D eigenvalue weighted by molar-refractivity contribution is 6.32. The number of primary amides is 1. The lowest BCUT2D eigenvalue weighted by molar-refractivity contribution is -0.351. The monoisotopic (exact) mass is 2050 g/mol. The number of aromatic nitrogens is 2. The fourth-order valence-corrected chi connectivity index (χ4v) is 18.3. The van der Waals surface area contributed by atoms with Gasteiger partial charge in [-0.2, -0.15) is 4.98 Å². The topological polar surface area (TPSA) is 682 Å². The number of hydrogen-bond acceptors (Lipinski definition) is 36. The van der Waals surface area contributed by atoms with Crippen LogP contribution in [0, 0.1) is 11.8 Å². The number of alkyl halides is 3. The molecule has 0 radical (unpaired) electrons. The highest BCUT2D eigenvalue weighted by Crippen LogP contribution is 2.52. The molecule has 0 aliphatic carbocycles. The van der Waals surface area contributed by atoms with Crippen molar-refractivity contribution in [1.82, 2.24) is 41.0 Å². The number of hydrogen-bond donors (Lipinski definition) is 22. The molecule has 0 saturated carbocycles. The minimum Gasteiger partial charge on any atom is -0.507 e. The van der Waals surface area contributed by atoms with Gasteiger partial charge in [0, 0.05) is 85.9 Å². The molecule has 3 saturated heterocycles. The molecule has 11 bridgehead atoms. The Morgan fingerprint density at radius 2 is 1.35 bits per heavy atom. The van der Waals surface area contributed by atoms with Gasteiger partial charge in [0.2, 0.25) is 41.6 Å². The number of benzene rings is 6. The second-order valence-electron chi connectivity index (χ2n) is 36.2. The van der Waals surface area contributed by atoms with Crippen LogP contribution in [0.4, 0.5) is 19.0 Å². The summed E-state index contributed by atoms with van der Waals surface area (Å²) in [7, 11) is 1.46. The number of aliphatic carboxylic acids is 1. The van der Waals surface area contributed by atoms with Crippen molar-refractivity contribution in [1.29, 1.82) is 0 Å². The Balaban J connectivity index is 0.929. The third kappa shape index (κ3) is 25.2. The number of aliphatic hydroxyl groups excluding tert-OH is 10. The molecule has 6 aromatic carbocycles. The summed E-state index contributed by atoms with van der Waals surface area (Å²) < 4.78 is 94.6. The van der Waals surface area contributed by atoms with E-state index in [1.165, 1.54) is 50.2 Å². The number of phenols is 3. The largest absolute Gasteiger partial charge is 0.573 e. The number of amides is 6. The van der Waals surface area contributed by atoms with Gasteiger partial charge < -0.3 is 157 Å². The Kier molecular flexibility index (Phi) is 34.8. The van der Waals surface area contributed by atoms with E-state index in [4.69, 9.17) is 72.6 Å². The zero-order valence-corrected chi connectivity index (χ0v) is 78.7. The van der Waals surface area contributed by atoms with E-state index in [0.717, 1.165) is 89.5 Å². The number of anilines is 1. The third-order valence-corrected chi connectivity index (χ3v) is 26.0. The van der Waals surface area contributed by atoms with Crippen LogP contribution in [0.2, 0.25) is 10.0 Å². The number of aromatic hydroxyl groups is 3. The molecule has 6 amide bonds. The molecule has 8 aliphatic rings. The number of nitrogens with one attached hydrogen (secondary N) is 6. The van der Waals surface area contributed by atoms with Gasteiger partial charge in [0.1, 0.15) is 113 Å². The van der Waals surface area contributed by atoms with Crippen LogP contribution < -0.4 is 68.0 Å². The number of Topliss-reactive ketones (excluding diaryl/α,β-unsaturated/α-hetero) is 2. The van der Waals surface area contributed by atoms with Gasteiger partial charge in [-0.1, -0.05) is 55.2 Å². The fraction of sp³-hybridized carbons (Fsp3) is 0.479. The number of nitrogens with two attached hydrogens (primary N) is 2. The molecule has 8 aliphatic heterocycles. The van der Waals surface area contributed by atoms with E-state index in [-0.39, 0.29) is 79.3 Å². The number of carboxylic acids is 1. The van der Waals surface area contributed by atoms with Crippen LogP contribution in [-0.4, -0.2) is 289 Å². The van der Waals surface area contributed by atoms with Crippen molar-refractivity contribution in [2.24, 2.45) is 23.3 Å². The molecule has 3 fully saturated rings. The Bertz CT molecular complexity index is 5920. The lowest BCUT2D eigenvalue weighted by Crippen LogP contribution is -2.64. The van der Waals surface area contributed by atoms with Crippen molar-refractivity contribution in [3.8, 4) is 62.9 Å². The summed E-state index contributed by atoms with van der Waals surface area (Å²) in [6.45, 7) is 3.28. The predicted octanol–water partition coefficient (Wildman–Crippen LogP) is 2.28. The van der Waals surface area contributed by atoms with Gasteiger partial charge in [-0.15, -0.1) is 13.2 Å². The summed E-state index contributed by atoms with van der Waals surface area (Å²) in [5, 5.41) is 177. The standard InChI is InChI=1S/C94H110Cl2F3N11O33/c1-39(2)26-54(102-5)87(130)107-71-57(116)30-46(33-65(100)118)85(128)105-69-45-31-62(136-59-17-12-43(73(71)119)28-52(59)95)81(141-91-79(125)77(123)82(64(38-113)139-91)142-90-78(124)76(122)75(121)61(138-90)8-6-7-20-110-21-19-66(104-92(110)134)103-84(127)41-9-14-47(15-10-41)143-94(97,98)99)63(32-45)137-60-18-13-44(29-53(60)96)80(140-67-36-93(4,101)83(126)40(3)135-67)72-88(131)106-70(89(132)133)50-35-56(115)51(37-109(22-24-111)23-25-112)74(120)68(50)49-27-42(11-16-55(49)114)48(34-58(69)117)86(129)108-72/h9-19,21,27-29,31-32,35,39-40,46,48,54,61,64,67,69-73,75-80,82-83,90-91,102,111-115,119-126H,6-8,20,22-26,30,33-34,36-38,101H2,1-5H3,(H2,100,118)(H,105,128)(H,106,131)(H,107,130)(H,108,129)(H,132,133)(H,103,104,127,134)/t40-,46-,48+,54+,61+,64+,67?,69+,70+,71?,72-,73+,75-,76-,77+,78+,79+,80+,82+,83-,90-,91-,93-/m0/s1. The molecule has 9 heterocycles. The molecule has 2 unspecified atom stereocenters. The number of fused-ring (bicyclic) bond motifs is 15. The number of carbonyl (C=O) groups excluding carboxylic acids is 8. The van der Waals surface area contributed by atoms with Gasteiger partial charge in [0.15, 0.2) is 41.7 Å². The summed E-state index contributed by atoms with van der Waals surface area (Å²) in [4.78, 5) is 154. The summed E-state index contributed by atoms with van der Waals surface area (Å²) in [5.74, 6) is -22.3. The van der Waals surface area contributed by atoms with Crippen molar-refractivity contribution in [2.75, 3.05) is 45.3 Å². The zero-order chi connectivity index (χ0) is 104. The number of likely N-dealkylation sites (N-methyl/N-ethyl adjacent to an activating group) is 1. The van der Waals surface area contributed by atoms with Crippen LogP contribution in [0.3, 0.4) is 0 Å². The number of unbranched alkanes of at least 4 members (excludes halogenated alkanes) is 1. The van der Waals surface area contributed by atoms with Crippen LogP contribution in [0.15, 0.2) is 114 Å². The lowest BCUT2D eigenvalue weighted by Gasteiger charge is -2.46. The number of rotatable bonds is 29. The van der Waals surface area contributed by atoms with E-state index in [2.05, 4.69) is 41.6 Å². The number of ketones is 2. The number of phenolic OH excluding ortho intramolecular Hbond substituents is 3. The van der Waals surface area contributed by atoms with E-state index in [1.807, 2.05) is 0 Å². The molecule has 15 rings (SSSR count). The van der Waals surface area contributed by atoms with Gasteiger partial charge in [0.25, 0.3) is 5.91 Å². The van der Waals surface area contributed by atoms with Crippen molar-refractivity contribution in [3.63, 3.8) is 0 Å². The van der Waals surface area contributed by atoms with Crippen molar-refractivity contribution >= 4 is 82.0 Å². The first-order valence-corrected chi connectivity index (χ1v) is 46.2. The first-order valence-electron chi connectivity index (χ1n) is 45.4. The molecule has 23 atom stereocenters. The molecule has 7 aromatic rings. The van der Waals surface area contributed by atoms with Gasteiger partial charge in [-0.05, 0) is 160 Å². The van der Waals surface area contributed by atoms with Gasteiger partial charge >= 0.3 is 18.0 Å². The number of aryl methyl sites for hydroxylation is 1. The Hall–Kier alpha value is -11.9. The van der Waals surface area contributed by atoms with Crippen LogP contribution in [-0.2, 0) is 75.1 Å². The van der Waals surface area contributed by atoms with E-state index >= 15 is 24.0 Å². The van der Waals surface area contributed by atoms with E-state index in [1.54, 1.807) is 13.8 Å². The van der Waals surface area contributed by atoms with Crippen LogP contribution >= 0.6 is 23.2 Å². The zero-order valence-electron chi connectivity index (χ0n) is 77.2. The molecule has 24 N–H and O–H groups in total. The lowest BCUT2D eigenvalue weighted by atomic mass is 9.84. The number of ether oxygens (including phenoxy) is 9. The van der Waals surface area contributed by atoms with Crippen LogP contribution in [0.5, 0.6) is 51.7 Å². The van der Waals surface area contributed by atoms with Crippen LogP contribution in [0.25, 0.3) is 11.1 Å². The molecular formula is C94H110Cl2F3N11O33. The number of halogens is 5. The summed E-state index contributed by atoms with van der Waals surface area (Å²) in [5.41, 5.74) is 6.52. The number of aliphatic hydroxyl groups is 10. The molecule has 44 nitrogen and oxygen atoms in total. The summed E-state index contributed by atoms with van der Waals surface area (Å²) in [6, 6.07) is 7.81. The summed E-state index contributed by atoms with van der Waals surface area (Å²) in [6.07, 6.45) is -36.1. The molecular weight excluding hydrogens is 1940 g/mol. The Labute approximate surface area is 822 Å². The average molecular weight is 2050 g/mol. The SMILES string of the molecule is CN[C@H](CC(C)C)C(=O)NC1C(=O)C[C@@H](CC(N)=O)C(=O)N[C@H]2C(=O)C[C@H]3C(=O)N[C@H](C(=O)N[C@@H](C(=O)O)c4cc(O)c(CN(CCO)CCO)c(O)c4-c4cc3ccc4O)[C@H](OC3C[C@](C)(N)[C@@H](O)[C@H](C)O3)c3ccc(c(Cl)c3)Oc3cc2cc(c3O[C@@H]2O[C@H](CO)[C@@H](O[C@@H]3O[C@H](CCCCn4ccc(NC(=O)c5ccc(OC(F)(F)F)cc5)nc4=O)[C@H](O)[C@H](O)[C@H]3O)[C@H](O)[C@H]2O)Oc2ccc(cc2Cl)[C@H]1O. The van der Waals surface area contributed by atoms with Gasteiger partial charge in [-0.25, -0.2) is 9.59 Å². The number of carbonyl (C=O) groups is 9. The van der Waals surface area contributed by atoms with Crippen molar-refractivity contribution in [3.05, 3.63) is 169 Å². The van der Waals surface area contributed by atoms with E-state index in [9.17, 15) is 109 Å². The minimum absolute atomic E-state index is 0.0455. The second kappa shape index (κ2) is 46.0. The fourth-order valence-electron chi connectivity index (χ4n) is 17.9. The molecule has 1 aromatic heterocycles. The molecule has 143 heavy (non-hydrogen) atoms. The van der Waals surface area contributed by atoms with Crippen LogP contribution in [0.1, 0.15) is 153 Å². The quantitative estimate of drug-likeness (QED) is 0.0299. The summed E-state index contributed by atoms with van der Waals surface area (Å²) >= 11 is 14.6. The number of nitrogens with zero attached hydrogens (tertiary/aromatic N) is 3. The second-order valence-corrected chi connectivity index (χ2v) is 37.0. The van der Waals surface area contributed by atoms with Crippen molar-refractivity contribution < 1.29 is 170 Å². The third-order valence-electron chi connectivity index (χ3n) is 25.4. The highest BCUT2D eigenvalue weighted by Gasteiger charge is 2.54. The first-order chi connectivity index (χ1) is 67.7. The minimum atomic E-state index is -4.99. The Morgan fingerprint density at radius 1 is 0.706 bits per heavy atom. The molecule has 774 valence electrons. The smallest absolute Gasteiger partial charge is 0.507 e. The van der Waals surface area contributed by atoms with E-state index < -0.39 is 346 Å². The van der Waals surface area contributed by atoms with Gasteiger partial charge in [-0.3, -0.25) is 47.8 Å². The maximum Gasteiger partial charge on any atom is 0.573 e. The van der Waals surface area contributed by atoms with Crippen molar-refractivity contribution in [2.45, 2.75) is 232 Å². The maximum absolute atomic E-state index is 16.8. The van der Waals surface area contributed by atoms with E-state index in [0.29, 0.717) is 0 Å². The first kappa shape index (κ1) is 108. The Morgan fingerprint density at radius 3 is 1.96 bits per heavy atom. The van der Waals surface area contributed by atoms with Gasteiger partial charge in [0.05, 0.1) is 71.6 Å². The molecule has 0 spiro atoms.